The highest BCUT2D eigenvalue weighted by Gasteiger charge is 2.17. The Morgan fingerprint density at radius 3 is 2.69 bits per heavy atom. The summed E-state index contributed by atoms with van der Waals surface area (Å²) in [6.07, 6.45) is 0.463. The van der Waals surface area contributed by atoms with Crippen molar-refractivity contribution in [2.75, 3.05) is 6.61 Å². The average Bonchev–Trinajstić information content (AvgIpc) is 3.02. The summed E-state index contributed by atoms with van der Waals surface area (Å²) >= 11 is 11.9. The van der Waals surface area contributed by atoms with E-state index >= 15 is 0 Å². The Balaban J connectivity index is 1.82. The fraction of sp³-hybridized carbons (Fsp3) is 0.312. The van der Waals surface area contributed by atoms with Crippen LogP contribution in [0.3, 0.4) is 0 Å². The number of fused-ring (bicyclic) bond motifs is 1. The Bertz CT molecular complexity index is 1090. The second kappa shape index (κ2) is 7.14. The van der Waals surface area contributed by atoms with Crippen molar-refractivity contribution in [2.24, 2.45) is 14.1 Å². The molecule has 1 N–H and O–H groups in total. The second-order valence-electron chi connectivity index (χ2n) is 5.81. The predicted octanol–water partition coefficient (Wildman–Crippen LogP) is 1.18. The first kappa shape index (κ1) is 18.5. The fourth-order valence-corrected chi connectivity index (χ4v) is 2.92. The van der Waals surface area contributed by atoms with Crippen LogP contribution in [0, 0.1) is 0 Å². The number of aliphatic hydroxyl groups excluding tert-OH is 1. The van der Waals surface area contributed by atoms with E-state index in [4.69, 9.17) is 27.9 Å². The minimum atomic E-state index is -0.940. The molecule has 0 bridgehead atoms. The minimum absolute atomic E-state index is 0.0577. The average molecular weight is 399 g/mol. The summed E-state index contributed by atoms with van der Waals surface area (Å²) in [6.45, 7) is -0.00601. The summed E-state index contributed by atoms with van der Waals surface area (Å²) in [5.41, 5.74) is -0.461. The van der Waals surface area contributed by atoms with Crippen LogP contribution in [0.15, 0.2) is 34.1 Å². The number of aromatic nitrogens is 4. The zero-order valence-electron chi connectivity index (χ0n) is 14.0. The standard InChI is InChI=1S/C16H16Cl2N4O4/c1-20-14-13(15(24)21(2)16(20)25)22(8-19-14)6-10(23)7-26-12-5-9(17)3-4-11(12)18/h3-5,8,10,23H,6-7H2,1-2H3. The van der Waals surface area contributed by atoms with Crippen molar-refractivity contribution in [2.45, 2.75) is 12.6 Å². The highest BCUT2D eigenvalue weighted by atomic mass is 35.5. The molecule has 26 heavy (non-hydrogen) atoms. The molecule has 8 nitrogen and oxygen atoms in total. The summed E-state index contributed by atoms with van der Waals surface area (Å²) in [5.74, 6) is 0.354. The van der Waals surface area contributed by atoms with E-state index in [1.165, 1.54) is 29.6 Å². The van der Waals surface area contributed by atoms with E-state index in [9.17, 15) is 14.7 Å². The molecule has 0 amide bonds. The lowest BCUT2D eigenvalue weighted by Crippen LogP contribution is -2.38. The number of benzene rings is 1. The van der Waals surface area contributed by atoms with E-state index in [2.05, 4.69) is 4.98 Å². The van der Waals surface area contributed by atoms with Crippen LogP contribution < -0.4 is 16.0 Å². The molecule has 0 aliphatic carbocycles. The van der Waals surface area contributed by atoms with Crippen molar-refractivity contribution in [3.8, 4) is 5.75 Å². The molecule has 10 heteroatoms. The number of aryl methyl sites for hydroxylation is 1. The van der Waals surface area contributed by atoms with Crippen LogP contribution in [0.1, 0.15) is 0 Å². The number of hydrogen-bond acceptors (Lipinski definition) is 5. The van der Waals surface area contributed by atoms with Crippen molar-refractivity contribution in [1.29, 1.82) is 0 Å². The lowest BCUT2D eigenvalue weighted by Gasteiger charge is -2.14. The van der Waals surface area contributed by atoms with Crippen LogP contribution in [0.25, 0.3) is 11.2 Å². The molecule has 138 valence electrons. The topological polar surface area (TPSA) is 91.3 Å². The highest BCUT2D eigenvalue weighted by molar-refractivity contribution is 6.34. The maximum Gasteiger partial charge on any atom is 0.332 e. The molecule has 0 aliphatic rings. The molecule has 0 radical (unpaired) electrons. The van der Waals surface area contributed by atoms with Gasteiger partial charge in [-0.3, -0.25) is 13.9 Å². The number of ether oxygens (including phenoxy) is 1. The Hall–Kier alpha value is -2.29. The molecule has 0 fully saturated rings. The number of nitrogens with zero attached hydrogens (tertiary/aromatic N) is 4. The van der Waals surface area contributed by atoms with E-state index < -0.39 is 17.4 Å². The molecule has 3 aromatic rings. The third kappa shape index (κ3) is 3.35. The SMILES string of the molecule is Cn1c(=O)c2c(ncn2CC(O)COc2cc(Cl)ccc2Cl)n(C)c1=O. The van der Waals surface area contributed by atoms with Gasteiger partial charge in [-0.2, -0.15) is 0 Å². The molecular formula is C16H16Cl2N4O4. The van der Waals surface area contributed by atoms with Crippen molar-refractivity contribution < 1.29 is 9.84 Å². The second-order valence-corrected chi connectivity index (χ2v) is 6.66. The summed E-state index contributed by atoms with van der Waals surface area (Å²) in [7, 11) is 2.92. The largest absolute Gasteiger partial charge is 0.489 e. The van der Waals surface area contributed by atoms with E-state index in [-0.39, 0.29) is 24.3 Å². The molecule has 0 aliphatic heterocycles. The van der Waals surface area contributed by atoms with Gasteiger partial charge in [-0.25, -0.2) is 9.78 Å². The molecule has 3 rings (SSSR count). The monoisotopic (exact) mass is 398 g/mol. The molecule has 0 spiro atoms. The summed E-state index contributed by atoms with van der Waals surface area (Å²) < 4.78 is 9.26. The smallest absolute Gasteiger partial charge is 0.332 e. The molecule has 0 saturated heterocycles. The number of hydrogen-bond donors (Lipinski definition) is 1. The van der Waals surface area contributed by atoms with Crippen LogP contribution >= 0.6 is 23.2 Å². The first-order chi connectivity index (χ1) is 12.3. The zero-order chi connectivity index (χ0) is 19.0. The van der Waals surface area contributed by atoms with Gasteiger partial charge >= 0.3 is 5.69 Å². The van der Waals surface area contributed by atoms with E-state index in [1.807, 2.05) is 0 Å². The Labute approximate surface area is 157 Å². The van der Waals surface area contributed by atoms with Crippen LogP contribution in [0.2, 0.25) is 10.0 Å². The number of aliphatic hydroxyl groups is 1. The molecule has 2 heterocycles. The maximum absolute atomic E-state index is 12.4. The van der Waals surface area contributed by atoms with Crippen LogP contribution in [0.5, 0.6) is 5.75 Å². The van der Waals surface area contributed by atoms with Crippen LogP contribution in [0.4, 0.5) is 0 Å². The predicted molar refractivity (Wildman–Crippen MR) is 98.2 cm³/mol. The van der Waals surface area contributed by atoms with Gasteiger partial charge in [0.15, 0.2) is 11.2 Å². The molecule has 1 atom stereocenters. The lowest BCUT2D eigenvalue weighted by molar-refractivity contribution is 0.0934. The maximum atomic E-state index is 12.4. The number of rotatable bonds is 5. The minimum Gasteiger partial charge on any atom is -0.489 e. The molecule has 0 saturated carbocycles. The van der Waals surface area contributed by atoms with Gasteiger partial charge in [0.2, 0.25) is 0 Å². The normalized spacial score (nSPS) is 12.5. The van der Waals surface area contributed by atoms with Gasteiger partial charge in [0.25, 0.3) is 5.56 Å². The Morgan fingerprint density at radius 1 is 1.23 bits per heavy atom. The van der Waals surface area contributed by atoms with Crippen molar-refractivity contribution in [1.82, 2.24) is 18.7 Å². The quantitative estimate of drug-likeness (QED) is 0.696. The Morgan fingerprint density at radius 2 is 1.96 bits per heavy atom. The van der Waals surface area contributed by atoms with Gasteiger partial charge < -0.3 is 14.4 Å². The fourth-order valence-electron chi connectivity index (χ4n) is 2.59. The van der Waals surface area contributed by atoms with E-state index in [1.54, 1.807) is 18.2 Å². The molecular weight excluding hydrogens is 383 g/mol. The van der Waals surface area contributed by atoms with Crippen molar-refractivity contribution in [3.05, 3.63) is 55.4 Å². The van der Waals surface area contributed by atoms with Gasteiger partial charge in [0, 0.05) is 25.2 Å². The first-order valence-electron chi connectivity index (χ1n) is 7.66. The molecule has 1 aromatic carbocycles. The number of halogens is 2. The van der Waals surface area contributed by atoms with Gasteiger partial charge in [0.1, 0.15) is 18.5 Å². The highest BCUT2D eigenvalue weighted by Crippen LogP contribution is 2.27. The molecule has 1 unspecified atom stereocenters. The van der Waals surface area contributed by atoms with Gasteiger partial charge in [0.05, 0.1) is 17.9 Å². The zero-order valence-corrected chi connectivity index (χ0v) is 15.5. The van der Waals surface area contributed by atoms with E-state index in [0.29, 0.717) is 15.8 Å². The van der Waals surface area contributed by atoms with Crippen LogP contribution in [-0.4, -0.2) is 36.5 Å². The summed E-state index contributed by atoms with van der Waals surface area (Å²) in [6, 6.07) is 4.78. The first-order valence-corrected chi connectivity index (χ1v) is 8.42. The van der Waals surface area contributed by atoms with Gasteiger partial charge in [-0.05, 0) is 12.1 Å². The number of imidazole rings is 1. The molecule has 2 aromatic heterocycles. The van der Waals surface area contributed by atoms with E-state index in [0.717, 1.165) is 4.57 Å². The third-order valence-electron chi connectivity index (χ3n) is 3.95. The summed E-state index contributed by atoms with van der Waals surface area (Å²) in [4.78, 5) is 28.4. The van der Waals surface area contributed by atoms with Crippen LogP contribution in [-0.2, 0) is 20.6 Å². The lowest BCUT2D eigenvalue weighted by atomic mass is 10.3. The van der Waals surface area contributed by atoms with Crippen molar-refractivity contribution >= 4 is 34.4 Å². The summed E-state index contributed by atoms with van der Waals surface area (Å²) in [5, 5.41) is 11.1. The van der Waals surface area contributed by atoms with Gasteiger partial charge in [-0.15, -0.1) is 0 Å². The third-order valence-corrected chi connectivity index (χ3v) is 4.50. The Kier molecular flexibility index (Phi) is 5.08. The van der Waals surface area contributed by atoms with Gasteiger partial charge in [-0.1, -0.05) is 23.2 Å². The van der Waals surface area contributed by atoms with Crippen molar-refractivity contribution in [3.63, 3.8) is 0 Å².